The number of carbonyl (C=O) groups is 3. The highest BCUT2D eigenvalue weighted by Crippen LogP contribution is 2.32. The average molecular weight is 473 g/mol. The number of benzene rings is 2. The Morgan fingerprint density at radius 2 is 1.86 bits per heavy atom. The van der Waals surface area contributed by atoms with Crippen molar-refractivity contribution in [2.24, 2.45) is 5.92 Å². The molecule has 0 spiro atoms. The second-order valence-corrected chi connectivity index (χ2v) is 9.06. The highest BCUT2D eigenvalue weighted by atomic mass is 16.4. The van der Waals surface area contributed by atoms with E-state index in [1.807, 2.05) is 24.3 Å². The minimum absolute atomic E-state index is 0.0274. The van der Waals surface area contributed by atoms with E-state index in [-0.39, 0.29) is 30.2 Å². The summed E-state index contributed by atoms with van der Waals surface area (Å²) in [6, 6.07) is 14.5. The van der Waals surface area contributed by atoms with E-state index in [2.05, 4.69) is 15.6 Å². The van der Waals surface area contributed by atoms with Crippen molar-refractivity contribution in [2.45, 2.75) is 45.6 Å². The first-order chi connectivity index (χ1) is 17.0. The lowest BCUT2D eigenvalue weighted by Gasteiger charge is -2.24. The Kier molecular flexibility index (Phi) is 6.35. The van der Waals surface area contributed by atoms with Gasteiger partial charge in [-0.2, -0.15) is 0 Å². The van der Waals surface area contributed by atoms with Crippen molar-refractivity contribution in [3.63, 3.8) is 0 Å². The normalized spacial score (nSPS) is 15.7. The molecule has 1 aliphatic heterocycles. The monoisotopic (exact) mass is 472 g/mol. The maximum atomic E-state index is 12.7. The molecule has 5 rings (SSSR count). The number of anilines is 2. The third-order valence-corrected chi connectivity index (χ3v) is 6.71. The van der Waals surface area contributed by atoms with Crippen LogP contribution in [0, 0.1) is 12.8 Å². The SMILES string of the molecule is Cc1oc(-c2ccccc2NC(=O)C2CCC2)nc1CNC(=O)c1ccc(N2CCCC2=O)cc1. The van der Waals surface area contributed by atoms with Gasteiger partial charge in [0.25, 0.3) is 5.91 Å². The van der Waals surface area contributed by atoms with E-state index in [4.69, 9.17) is 4.42 Å². The molecule has 2 N–H and O–H groups in total. The lowest BCUT2D eigenvalue weighted by molar-refractivity contribution is -0.122. The molecule has 35 heavy (non-hydrogen) atoms. The highest BCUT2D eigenvalue weighted by molar-refractivity contribution is 5.98. The van der Waals surface area contributed by atoms with E-state index in [0.717, 1.165) is 31.4 Å². The van der Waals surface area contributed by atoms with Gasteiger partial charge in [0.15, 0.2) is 0 Å². The van der Waals surface area contributed by atoms with Crippen LogP contribution in [-0.4, -0.2) is 29.3 Å². The zero-order valence-electron chi connectivity index (χ0n) is 19.7. The van der Waals surface area contributed by atoms with Crippen molar-refractivity contribution in [1.82, 2.24) is 10.3 Å². The molecule has 0 radical (unpaired) electrons. The Labute approximate surface area is 203 Å². The molecule has 0 unspecified atom stereocenters. The summed E-state index contributed by atoms with van der Waals surface area (Å²) in [6.45, 7) is 2.72. The van der Waals surface area contributed by atoms with Gasteiger partial charge in [-0.3, -0.25) is 14.4 Å². The Bertz CT molecular complexity index is 1260. The number of aryl methyl sites for hydroxylation is 1. The van der Waals surface area contributed by atoms with E-state index in [1.165, 1.54) is 0 Å². The first-order valence-corrected chi connectivity index (χ1v) is 12.0. The molecule has 1 saturated heterocycles. The first kappa shape index (κ1) is 22.8. The summed E-state index contributed by atoms with van der Waals surface area (Å²) in [5, 5.41) is 5.89. The Balaban J connectivity index is 1.25. The topological polar surface area (TPSA) is 105 Å². The third kappa shape index (κ3) is 4.82. The Morgan fingerprint density at radius 1 is 1.09 bits per heavy atom. The van der Waals surface area contributed by atoms with Gasteiger partial charge < -0.3 is 20.0 Å². The third-order valence-electron chi connectivity index (χ3n) is 6.71. The number of para-hydroxylation sites is 1. The second-order valence-electron chi connectivity index (χ2n) is 9.06. The molecule has 8 nitrogen and oxygen atoms in total. The fourth-order valence-electron chi connectivity index (χ4n) is 4.37. The summed E-state index contributed by atoms with van der Waals surface area (Å²) in [7, 11) is 0. The molecule has 2 fully saturated rings. The van der Waals surface area contributed by atoms with Crippen LogP contribution < -0.4 is 15.5 Å². The number of carbonyl (C=O) groups excluding carboxylic acids is 3. The Morgan fingerprint density at radius 3 is 2.54 bits per heavy atom. The minimum Gasteiger partial charge on any atom is -0.441 e. The van der Waals surface area contributed by atoms with Crippen LogP contribution in [0.5, 0.6) is 0 Å². The molecular formula is C27H28N4O4. The van der Waals surface area contributed by atoms with E-state index < -0.39 is 0 Å². The first-order valence-electron chi connectivity index (χ1n) is 12.0. The molecule has 1 aromatic heterocycles. The standard InChI is InChI=1S/C27H28N4O4/c1-17-23(16-28-25(33)19-11-13-20(14-12-19)31-15-5-10-24(31)32)30-27(35-17)21-8-2-3-9-22(21)29-26(34)18-6-4-7-18/h2-3,8-9,11-14,18H,4-7,10,15-16H2,1H3,(H,28,33)(H,29,34). The van der Waals surface area contributed by atoms with Gasteiger partial charge in [0.1, 0.15) is 11.5 Å². The van der Waals surface area contributed by atoms with Gasteiger partial charge in [0.05, 0.1) is 17.8 Å². The van der Waals surface area contributed by atoms with Gasteiger partial charge >= 0.3 is 0 Å². The lowest BCUT2D eigenvalue weighted by atomic mass is 9.85. The molecule has 3 aromatic rings. The molecule has 2 aliphatic rings. The van der Waals surface area contributed by atoms with Crippen LogP contribution in [0.3, 0.4) is 0 Å². The van der Waals surface area contributed by atoms with Crippen LogP contribution in [0.4, 0.5) is 11.4 Å². The Hall–Kier alpha value is -3.94. The van der Waals surface area contributed by atoms with Gasteiger partial charge in [0.2, 0.25) is 17.7 Å². The second kappa shape index (κ2) is 9.74. The van der Waals surface area contributed by atoms with E-state index >= 15 is 0 Å². The van der Waals surface area contributed by atoms with Gasteiger partial charge in [0, 0.05) is 30.1 Å². The van der Waals surface area contributed by atoms with Crippen molar-refractivity contribution in [3.8, 4) is 11.5 Å². The molecule has 180 valence electrons. The number of nitrogens with one attached hydrogen (secondary N) is 2. The van der Waals surface area contributed by atoms with Crippen LogP contribution in [0.25, 0.3) is 11.5 Å². The number of hydrogen-bond donors (Lipinski definition) is 2. The predicted molar refractivity (Wildman–Crippen MR) is 132 cm³/mol. The zero-order chi connectivity index (χ0) is 24.4. The van der Waals surface area contributed by atoms with Crippen molar-refractivity contribution >= 4 is 29.1 Å². The maximum Gasteiger partial charge on any atom is 0.251 e. The van der Waals surface area contributed by atoms with Crippen LogP contribution in [0.15, 0.2) is 52.9 Å². The quantitative estimate of drug-likeness (QED) is 0.529. The maximum absolute atomic E-state index is 12.7. The number of nitrogens with zero attached hydrogens (tertiary/aromatic N) is 2. The van der Waals surface area contributed by atoms with Crippen LogP contribution in [0.1, 0.15) is 53.9 Å². The smallest absolute Gasteiger partial charge is 0.251 e. The summed E-state index contributed by atoms with van der Waals surface area (Å²) in [5.41, 5.74) is 3.30. The van der Waals surface area contributed by atoms with Crippen molar-refractivity contribution in [3.05, 3.63) is 65.5 Å². The van der Waals surface area contributed by atoms with Crippen molar-refractivity contribution < 1.29 is 18.8 Å². The predicted octanol–water partition coefficient (Wildman–Crippen LogP) is 4.45. The lowest BCUT2D eigenvalue weighted by Crippen LogP contribution is -2.28. The number of hydrogen-bond acceptors (Lipinski definition) is 5. The van der Waals surface area contributed by atoms with E-state index in [9.17, 15) is 14.4 Å². The van der Waals surface area contributed by atoms with Crippen molar-refractivity contribution in [1.29, 1.82) is 0 Å². The van der Waals surface area contributed by atoms with Crippen LogP contribution in [0.2, 0.25) is 0 Å². The molecule has 1 aliphatic carbocycles. The van der Waals surface area contributed by atoms with Gasteiger partial charge in [-0.15, -0.1) is 0 Å². The number of aromatic nitrogens is 1. The fraction of sp³-hybridized carbons (Fsp3) is 0.333. The molecule has 0 atom stereocenters. The molecule has 2 heterocycles. The number of rotatable bonds is 7. The summed E-state index contributed by atoms with van der Waals surface area (Å²) in [6.07, 6.45) is 4.37. The molecule has 3 amide bonds. The molecule has 0 bridgehead atoms. The molecule has 1 saturated carbocycles. The van der Waals surface area contributed by atoms with Crippen molar-refractivity contribution in [2.75, 3.05) is 16.8 Å². The zero-order valence-corrected chi connectivity index (χ0v) is 19.7. The molecular weight excluding hydrogens is 444 g/mol. The molecule has 2 aromatic carbocycles. The minimum atomic E-state index is -0.235. The summed E-state index contributed by atoms with van der Waals surface area (Å²) >= 11 is 0. The average Bonchev–Trinajstić information content (AvgIpc) is 3.42. The fourth-order valence-corrected chi connectivity index (χ4v) is 4.37. The number of amides is 3. The van der Waals surface area contributed by atoms with Gasteiger partial charge in [-0.05, 0) is 62.6 Å². The summed E-state index contributed by atoms with van der Waals surface area (Å²) < 4.78 is 5.89. The van der Waals surface area contributed by atoms with E-state index in [0.29, 0.717) is 47.1 Å². The van der Waals surface area contributed by atoms with Crippen LogP contribution in [-0.2, 0) is 16.1 Å². The van der Waals surface area contributed by atoms with Gasteiger partial charge in [-0.1, -0.05) is 18.6 Å². The molecule has 8 heteroatoms. The summed E-state index contributed by atoms with van der Waals surface area (Å²) in [5.74, 6) is 0.980. The summed E-state index contributed by atoms with van der Waals surface area (Å²) in [4.78, 5) is 43.4. The van der Waals surface area contributed by atoms with E-state index in [1.54, 1.807) is 36.1 Å². The van der Waals surface area contributed by atoms with Crippen LogP contribution >= 0.6 is 0 Å². The largest absolute Gasteiger partial charge is 0.441 e. The van der Waals surface area contributed by atoms with Gasteiger partial charge in [-0.25, -0.2) is 4.98 Å². The highest BCUT2D eigenvalue weighted by Gasteiger charge is 2.26. The number of oxazole rings is 1.